The fraction of sp³-hybridized carbons (Fsp3) is 0.350. The third-order valence-electron chi connectivity index (χ3n) is 3.67. The Morgan fingerprint density at radius 3 is 2.41 bits per heavy atom. The van der Waals surface area contributed by atoms with Crippen molar-refractivity contribution in [2.24, 2.45) is 0 Å². The minimum atomic E-state index is -0.160. The average molecular weight is 393 g/mol. The third-order valence-corrected chi connectivity index (χ3v) is 3.96. The van der Waals surface area contributed by atoms with Crippen LogP contribution in [0.3, 0.4) is 0 Å². The summed E-state index contributed by atoms with van der Waals surface area (Å²) in [5.74, 6) is 1.54. The first kappa shape index (κ1) is 20.7. The van der Waals surface area contributed by atoms with Gasteiger partial charge in [0.05, 0.1) is 36.7 Å². The topological polar surface area (TPSA) is 68.8 Å². The lowest BCUT2D eigenvalue weighted by molar-refractivity contribution is -0.116. The molecule has 7 heteroatoms. The van der Waals surface area contributed by atoms with Crippen LogP contribution in [-0.4, -0.2) is 32.8 Å². The lowest BCUT2D eigenvalue weighted by Gasteiger charge is -2.16. The van der Waals surface area contributed by atoms with E-state index >= 15 is 0 Å². The molecule has 0 radical (unpaired) electrons. The van der Waals surface area contributed by atoms with E-state index in [1.807, 2.05) is 38.1 Å². The molecule has 27 heavy (non-hydrogen) atoms. The van der Waals surface area contributed by atoms with E-state index < -0.39 is 0 Å². The number of benzene rings is 2. The molecular formula is C20H25ClN2O4. The number of para-hydroxylation sites is 2. The van der Waals surface area contributed by atoms with Gasteiger partial charge in [0.1, 0.15) is 17.2 Å². The van der Waals surface area contributed by atoms with Crippen LogP contribution in [0, 0.1) is 0 Å². The fourth-order valence-electron chi connectivity index (χ4n) is 2.45. The number of anilines is 2. The van der Waals surface area contributed by atoms with Crippen molar-refractivity contribution in [3.63, 3.8) is 0 Å². The van der Waals surface area contributed by atoms with Crippen molar-refractivity contribution in [2.45, 2.75) is 26.4 Å². The molecule has 0 aliphatic heterocycles. The van der Waals surface area contributed by atoms with Crippen molar-refractivity contribution in [1.82, 2.24) is 0 Å². The maximum Gasteiger partial charge on any atom is 0.226 e. The van der Waals surface area contributed by atoms with E-state index in [0.717, 1.165) is 11.4 Å². The zero-order valence-electron chi connectivity index (χ0n) is 16.0. The summed E-state index contributed by atoms with van der Waals surface area (Å²) in [6, 6.07) is 10.9. The number of nitrogens with one attached hydrogen (secondary N) is 2. The number of carbonyl (C=O) groups excluding carboxylic acids is 1. The predicted molar refractivity (Wildman–Crippen MR) is 108 cm³/mol. The molecule has 1 amide bonds. The lowest BCUT2D eigenvalue weighted by Crippen LogP contribution is -2.17. The molecule has 0 spiro atoms. The van der Waals surface area contributed by atoms with E-state index in [9.17, 15) is 4.79 Å². The molecule has 0 aliphatic rings. The van der Waals surface area contributed by atoms with Crippen LogP contribution in [0.5, 0.6) is 17.2 Å². The van der Waals surface area contributed by atoms with E-state index in [1.54, 1.807) is 12.1 Å². The van der Waals surface area contributed by atoms with Gasteiger partial charge in [0.15, 0.2) is 0 Å². The van der Waals surface area contributed by atoms with Gasteiger partial charge in [-0.2, -0.15) is 0 Å². The maximum atomic E-state index is 12.3. The number of amides is 1. The van der Waals surface area contributed by atoms with Gasteiger partial charge in [-0.15, -0.1) is 0 Å². The van der Waals surface area contributed by atoms with Gasteiger partial charge in [0, 0.05) is 25.1 Å². The van der Waals surface area contributed by atoms with Gasteiger partial charge in [0.2, 0.25) is 5.91 Å². The van der Waals surface area contributed by atoms with Gasteiger partial charge in [-0.25, -0.2) is 0 Å². The Morgan fingerprint density at radius 1 is 1.04 bits per heavy atom. The number of rotatable bonds is 9. The van der Waals surface area contributed by atoms with Crippen molar-refractivity contribution >= 4 is 28.9 Å². The third kappa shape index (κ3) is 5.96. The molecule has 0 fully saturated rings. The molecule has 2 aromatic rings. The molecule has 2 N–H and O–H groups in total. The molecule has 146 valence electrons. The second-order valence-corrected chi connectivity index (χ2v) is 6.48. The molecule has 0 saturated heterocycles. The summed E-state index contributed by atoms with van der Waals surface area (Å²) >= 11 is 6.08. The minimum absolute atomic E-state index is 0.0728. The Kier molecular flexibility index (Phi) is 7.61. The Morgan fingerprint density at radius 2 is 1.74 bits per heavy atom. The Balaban J connectivity index is 1.96. The fourth-order valence-corrected chi connectivity index (χ4v) is 2.68. The van der Waals surface area contributed by atoms with Crippen molar-refractivity contribution < 1.29 is 19.0 Å². The highest BCUT2D eigenvalue weighted by Gasteiger charge is 2.13. The molecule has 0 atom stereocenters. The summed E-state index contributed by atoms with van der Waals surface area (Å²) in [6.45, 7) is 4.40. The molecule has 0 bridgehead atoms. The number of hydrogen-bond donors (Lipinski definition) is 2. The number of carbonyl (C=O) groups is 1. The largest absolute Gasteiger partial charge is 0.495 e. The summed E-state index contributed by atoms with van der Waals surface area (Å²) in [6.07, 6.45) is 0.341. The first-order valence-electron chi connectivity index (χ1n) is 8.65. The molecule has 0 heterocycles. The molecular weight excluding hydrogens is 368 g/mol. The molecule has 6 nitrogen and oxygen atoms in total. The Bertz CT molecular complexity index is 781. The predicted octanol–water partition coefficient (Wildman–Crippen LogP) is 4.59. The summed E-state index contributed by atoms with van der Waals surface area (Å²) in [5.41, 5.74) is 1.36. The Labute approximate surface area is 164 Å². The standard InChI is InChI=1S/C20H25ClN2O4/c1-13(2)27-17-8-6-5-7-15(17)22-10-9-20(24)23-16-12-18(25-3)14(21)11-19(16)26-4/h5-8,11-13,22H,9-10H2,1-4H3,(H,23,24). The van der Waals surface area contributed by atoms with Gasteiger partial charge < -0.3 is 24.8 Å². The molecule has 2 aromatic carbocycles. The van der Waals surface area contributed by atoms with Crippen molar-refractivity contribution in [3.8, 4) is 17.2 Å². The van der Waals surface area contributed by atoms with Gasteiger partial charge in [-0.1, -0.05) is 23.7 Å². The molecule has 0 aliphatic carbocycles. The minimum Gasteiger partial charge on any atom is -0.495 e. The molecule has 2 rings (SSSR count). The number of halogens is 1. The summed E-state index contributed by atoms with van der Waals surface area (Å²) in [7, 11) is 3.03. The van der Waals surface area contributed by atoms with Crippen LogP contribution in [0.1, 0.15) is 20.3 Å². The van der Waals surface area contributed by atoms with E-state index in [0.29, 0.717) is 28.8 Å². The molecule has 0 saturated carbocycles. The van der Waals surface area contributed by atoms with Crippen molar-refractivity contribution in [3.05, 3.63) is 41.4 Å². The lowest BCUT2D eigenvalue weighted by atomic mass is 10.2. The van der Waals surface area contributed by atoms with Gasteiger partial charge in [-0.3, -0.25) is 4.79 Å². The smallest absolute Gasteiger partial charge is 0.226 e. The maximum absolute atomic E-state index is 12.3. The zero-order chi connectivity index (χ0) is 19.8. The van der Waals surface area contributed by atoms with Gasteiger partial charge in [-0.05, 0) is 26.0 Å². The average Bonchev–Trinajstić information content (AvgIpc) is 2.63. The van der Waals surface area contributed by atoms with Crippen LogP contribution in [0.4, 0.5) is 11.4 Å². The van der Waals surface area contributed by atoms with Crippen LogP contribution in [0.25, 0.3) is 0 Å². The second kappa shape index (κ2) is 9.92. The first-order valence-corrected chi connectivity index (χ1v) is 9.03. The highest BCUT2D eigenvalue weighted by Crippen LogP contribution is 2.35. The van der Waals surface area contributed by atoms with Crippen LogP contribution in [-0.2, 0) is 4.79 Å². The Hall–Kier alpha value is -2.60. The highest BCUT2D eigenvalue weighted by atomic mass is 35.5. The van der Waals surface area contributed by atoms with Gasteiger partial charge >= 0.3 is 0 Å². The van der Waals surface area contributed by atoms with E-state index in [1.165, 1.54) is 14.2 Å². The monoisotopic (exact) mass is 392 g/mol. The normalized spacial score (nSPS) is 10.4. The number of hydrogen-bond acceptors (Lipinski definition) is 5. The second-order valence-electron chi connectivity index (χ2n) is 6.07. The zero-order valence-corrected chi connectivity index (χ0v) is 16.7. The summed E-state index contributed by atoms with van der Waals surface area (Å²) in [5, 5.41) is 6.47. The first-order chi connectivity index (χ1) is 12.9. The van der Waals surface area contributed by atoms with Crippen molar-refractivity contribution in [2.75, 3.05) is 31.4 Å². The van der Waals surface area contributed by atoms with E-state index in [2.05, 4.69) is 10.6 Å². The SMILES string of the molecule is COc1cc(NC(=O)CCNc2ccccc2OC(C)C)c(OC)cc1Cl. The number of methoxy groups -OCH3 is 2. The summed E-state index contributed by atoms with van der Waals surface area (Å²) < 4.78 is 16.2. The van der Waals surface area contributed by atoms with Crippen LogP contribution < -0.4 is 24.8 Å². The quantitative estimate of drug-likeness (QED) is 0.653. The molecule has 0 aromatic heterocycles. The van der Waals surface area contributed by atoms with Crippen LogP contribution in [0.15, 0.2) is 36.4 Å². The van der Waals surface area contributed by atoms with Gasteiger partial charge in [0.25, 0.3) is 0 Å². The van der Waals surface area contributed by atoms with E-state index in [4.69, 9.17) is 25.8 Å². The van der Waals surface area contributed by atoms with E-state index in [-0.39, 0.29) is 18.4 Å². The van der Waals surface area contributed by atoms with Crippen LogP contribution >= 0.6 is 11.6 Å². The van der Waals surface area contributed by atoms with Crippen molar-refractivity contribution in [1.29, 1.82) is 0 Å². The number of ether oxygens (including phenoxy) is 3. The summed E-state index contributed by atoms with van der Waals surface area (Å²) in [4.78, 5) is 12.3. The molecule has 0 unspecified atom stereocenters. The highest BCUT2D eigenvalue weighted by molar-refractivity contribution is 6.32. The van der Waals surface area contributed by atoms with Crippen LogP contribution in [0.2, 0.25) is 5.02 Å².